The van der Waals surface area contributed by atoms with Crippen LogP contribution in [0.3, 0.4) is 0 Å². The van der Waals surface area contributed by atoms with Crippen molar-refractivity contribution in [1.82, 2.24) is 0 Å². The number of para-hydroxylation sites is 1. The molecule has 2 aromatic rings. The van der Waals surface area contributed by atoms with Gasteiger partial charge in [-0.3, -0.25) is 0 Å². The van der Waals surface area contributed by atoms with Crippen molar-refractivity contribution in [3.63, 3.8) is 0 Å². The number of rotatable bonds is 8. The SMILES string of the molecule is CCOCCOc1ccccc1CNc1ccc(C)c(C)c1. The first-order valence-corrected chi connectivity index (χ1v) is 7.80. The zero-order valence-corrected chi connectivity index (χ0v) is 13.7. The van der Waals surface area contributed by atoms with Gasteiger partial charge in [-0.25, -0.2) is 0 Å². The molecule has 0 atom stereocenters. The Kier molecular flexibility index (Phi) is 6.28. The molecule has 0 saturated carbocycles. The van der Waals surface area contributed by atoms with E-state index in [1.165, 1.54) is 11.1 Å². The molecule has 0 fully saturated rings. The third kappa shape index (κ3) is 4.78. The second-order valence-electron chi connectivity index (χ2n) is 5.31. The Morgan fingerprint density at radius 1 is 0.955 bits per heavy atom. The summed E-state index contributed by atoms with van der Waals surface area (Å²) in [6.45, 7) is 8.91. The highest BCUT2D eigenvalue weighted by molar-refractivity contribution is 5.49. The maximum Gasteiger partial charge on any atom is 0.124 e. The van der Waals surface area contributed by atoms with Crippen molar-refractivity contribution in [3.8, 4) is 5.75 Å². The summed E-state index contributed by atoms with van der Waals surface area (Å²) >= 11 is 0. The molecular formula is C19H25NO2. The molecule has 0 aromatic heterocycles. The van der Waals surface area contributed by atoms with Gasteiger partial charge < -0.3 is 14.8 Å². The predicted octanol–water partition coefficient (Wildman–Crippen LogP) is 4.33. The van der Waals surface area contributed by atoms with Gasteiger partial charge in [0, 0.05) is 24.4 Å². The zero-order chi connectivity index (χ0) is 15.8. The van der Waals surface area contributed by atoms with Crippen molar-refractivity contribution >= 4 is 5.69 Å². The van der Waals surface area contributed by atoms with Gasteiger partial charge >= 0.3 is 0 Å². The van der Waals surface area contributed by atoms with E-state index in [1.807, 2.05) is 25.1 Å². The van der Waals surface area contributed by atoms with E-state index < -0.39 is 0 Å². The van der Waals surface area contributed by atoms with Crippen LogP contribution in [0.5, 0.6) is 5.75 Å². The number of anilines is 1. The van der Waals surface area contributed by atoms with Crippen LogP contribution in [0.15, 0.2) is 42.5 Å². The van der Waals surface area contributed by atoms with Gasteiger partial charge in [-0.2, -0.15) is 0 Å². The molecule has 0 heterocycles. The number of benzene rings is 2. The minimum Gasteiger partial charge on any atom is -0.491 e. The summed E-state index contributed by atoms with van der Waals surface area (Å²) in [5.41, 5.74) is 4.89. The van der Waals surface area contributed by atoms with Crippen LogP contribution in [-0.2, 0) is 11.3 Å². The second kappa shape index (κ2) is 8.44. The highest BCUT2D eigenvalue weighted by Crippen LogP contribution is 2.20. The van der Waals surface area contributed by atoms with Crippen molar-refractivity contribution in [1.29, 1.82) is 0 Å². The first-order chi connectivity index (χ1) is 10.7. The lowest BCUT2D eigenvalue weighted by atomic mass is 10.1. The van der Waals surface area contributed by atoms with E-state index in [1.54, 1.807) is 0 Å². The fourth-order valence-electron chi connectivity index (χ4n) is 2.19. The van der Waals surface area contributed by atoms with Gasteiger partial charge in [-0.15, -0.1) is 0 Å². The zero-order valence-electron chi connectivity index (χ0n) is 13.7. The molecule has 2 rings (SSSR count). The Morgan fingerprint density at radius 3 is 2.55 bits per heavy atom. The van der Waals surface area contributed by atoms with E-state index in [2.05, 4.69) is 43.4 Å². The lowest BCUT2D eigenvalue weighted by Crippen LogP contribution is -2.09. The topological polar surface area (TPSA) is 30.5 Å². The second-order valence-corrected chi connectivity index (χ2v) is 5.31. The Balaban J connectivity index is 1.95. The van der Waals surface area contributed by atoms with Crippen LogP contribution in [0.25, 0.3) is 0 Å². The molecule has 0 amide bonds. The fraction of sp³-hybridized carbons (Fsp3) is 0.368. The van der Waals surface area contributed by atoms with E-state index in [9.17, 15) is 0 Å². The van der Waals surface area contributed by atoms with E-state index in [-0.39, 0.29) is 0 Å². The molecule has 0 aliphatic carbocycles. The summed E-state index contributed by atoms with van der Waals surface area (Å²) < 4.78 is 11.1. The summed E-state index contributed by atoms with van der Waals surface area (Å²) in [7, 11) is 0. The molecule has 0 spiro atoms. The highest BCUT2D eigenvalue weighted by Gasteiger charge is 2.03. The average Bonchev–Trinajstić information content (AvgIpc) is 2.53. The van der Waals surface area contributed by atoms with Gasteiger partial charge in [0.2, 0.25) is 0 Å². The monoisotopic (exact) mass is 299 g/mol. The predicted molar refractivity (Wildman–Crippen MR) is 91.7 cm³/mol. The molecule has 0 aliphatic heterocycles. The van der Waals surface area contributed by atoms with Crippen molar-refractivity contribution in [3.05, 3.63) is 59.2 Å². The Bertz CT molecular complexity index is 596. The quantitative estimate of drug-likeness (QED) is 0.736. The van der Waals surface area contributed by atoms with Crippen LogP contribution >= 0.6 is 0 Å². The van der Waals surface area contributed by atoms with Crippen LogP contribution in [0, 0.1) is 13.8 Å². The van der Waals surface area contributed by atoms with E-state index in [0.717, 1.165) is 30.2 Å². The highest BCUT2D eigenvalue weighted by atomic mass is 16.5. The number of aryl methyl sites for hydroxylation is 2. The van der Waals surface area contributed by atoms with Crippen LogP contribution < -0.4 is 10.1 Å². The Hall–Kier alpha value is -2.00. The van der Waals surface area contributed by atoms with Gasteiger partial charge in [0.1, 0.15) is 12.4 Å². The summed E-state index contributed by atoms with van der Waals surface area (Å²) in [6, 6.07) is 14.5. The van der Waals surface area contributed by atoms with Crippen molar-refractivity contribution in [2.24, 2.45) is 0 Å². The molecule has 0 saturated heterocycles. The lowest BCUT2D eigenvalue weighted by Gasteiger charge is -2.13. The number of ether oxygens (including phenoxy) is 2. The van der Waals surface area contributed by atoms with Crippen molar-refractivity contribution < 1.29 is 9.47 Å². The first kappa shape index (κ1) is 16.4. The largest absolute Gasteiger partial charge is 0.491 e. The lowest BCUT2D eigenvalue weighted by molar-refractivity contribution is 0.110. The molecular weight excluding hydrogens is 274 g/mol. The molecule has 0 unspecified atom stereocenters. The maximum atomic E-state index is 5.81. The number of hydrogen-bond donors (Lipinski definition) is 1. The van der Waals surface area contributed by atoms with Crippen LogP contribution in [0.4, 0.5) is 5.69 Å². The molecule has 2 aromatic carbocycles. The van der Waals surface area contributed by atoms with Gasteiger partial charge in [0.15, 0.2) is 0 Å². The maximum absolute atomic E-state index is 5.81. The summed E-state index contributed by atoms with van der Waals surface area (Å²) in [4.78, 5) is 0. The van der Waals surface area contributed by atoms with Crippen LogP contribution in [-0.4, -0.2) is 19.8 Å². The standard InChI is InChI=1S/C19H25NO2/c1-4-21-11-12-22-19-8-6-5-7-17(19)14-20-18-10-9-15(2)16(3)13-18/h5-10,13,20H,4,11-12,14H2,1-3H3. The molecule has 118 valence electrons. The minimum absolute atomic E-state index is 0.578. The Labute approximate surface area is 133 Å². The minimum atomic E-state index is 0.578. The van der Waals surface area contributed by atoms with Crippen molar-refractivity contribution in [2.75, 3.05) is 25.1 Å². The first-order valence-electron chi connectivity index (χ1n) is 7.80. The van der Waals surface area contributed by atoms with Gasteiger partial charge in [-0.05, 0) is 50.1 Å². The van der Waals surface area contributed by atoms with Crippen molar-refractivity contribution in [2.45, 2.75) is 27.3 Å². The van der Waals surface area contributed by atoms with E-state index in [0.29, 0.717) is 13.2 Å². The molecule has 1 N–H and O–H groups in total. The third-order valence-electron chi connectivity index (χ3n) is 3.65. The van der Waals surface area contributed by atoms with E-state index in [4.69, 9.17) is 9.47 Å². The molecule has 0 radical (unpaired) electrons. The molecule has 3 nitrogen and oxygen atoms in total. The number of hydrogen-bond acceptors (Lipinski definition) is 3. The van der Waals surface area contributed by atoms with Gasteiger partial charge in [0.05, 0.1) is 6.61 Å². The fourth-order valence-corrected chi connectivity index (χ4v) is 2.19. The van der Waals surface area contributed by atoms with Gasteiger partial charge in [0.25, 0.3) is 0 Å². The molecule has 0 bridgehead atoms. The summed E-state index contributed by atoms with van der Waals surface area (Å²) in [5.74, 6) is 0.915. The third-order valence-corrected chi connectivity index (χ3v) is 3.65. The molecule has 3 heteroatoms. The summed E-state index contributed by atoms with van der Waals surface area (Å²) in [5, 5.41) is 3.46. The Morgan fingerprint density at radius 2 is 1.77 bits per heavy atom. The van der Waals surface area contributed by atoms with Crippen LogP contribution in [0.2, 0.25) is 0 Å². The molecule has 22 heavy (non-hydrogen) atoms. The normalized spacial score (nSPS) is 10.5. The van der Waals surface area contributed by atoms with Gasteiger partial charge in [-0.1, -0.05) is 24.3 Å². The number of nitrogens with one attached hydrogen (secondary N) is 1. The van der Waals surface area contributed by atoms with Crippen LogP contribution in [0.1, 0.15) is 23.6 Å². The smallest absolute Gasteiger partial charge is 0.124 e. The molecule has 0 aliphatic rings. The summed E-state index contributed by atoms with van der Waals surface area (Å²) in [6.07, 6.45) is 0. The average molecular weight is 299 g/mol. The van der Waals surface area contributed by atoms with E-state index >= 15 is 0 Å².